The SMILES string of the molecule is O=C(O)C(Nc1cccc(Br)c1)C1CCOC1. The van der Waals surface area contributed by atoms with Crippen molar-refractivity contribution in [2.45, 2.75) is 12.5 Å². The first kappa shape index (κ1) is 12.4. The highest BCUT2D eigenvalue weighted by Gasteiger charge is 2.31. The van der Waals surface area contributed by atoms with E-state index in [1.165, 1.54) is 0 Å². The number of halogens is 1. The molecule has 1 fully saturated rings. The van der Waals surface area contributed by atoms with E-state index in [0.29, 0.717) is 13.2 Å². The third-order valence-electron chi connectivity index (χ3n) is 2.85. The lowest BCUT2D eigenvalue weighted by atomic mass is 9.99. The summed E-state index contributed by atoms with van der Waals surface area (Å²) in [5.41, 5.74) is 0.804. The predicted octanol–water partition coefficient (Wildman–Crippen LogP) is 2.35. The van der Waals surface area contributed by atoms with Gasteiger partial charge in [0, 0.05) is 22.7 Å². The van der Waals surface area contributed by atoms with Crippen LogP contribution in [0.5, 0.6) is 0 Å². The standard InChI is InChI=1S/C12H14BrNO3/c13-9-2-1-3-10(6-9)14-11(12(15)16)8-4-5-17-7-8/h1-3,6,8,11,14H,4-5,7H2,(H,15,16). The molecule has 0 spiro atoms. The van der Waals surface area contributed by atoms with Crippen LogP contribution in [0.1, 0.15) is 6.42 Å². The smallest absolute Gasteiger partial charge is 0.326 e. The van der Waals surface area contributed by atoms with Crippen LogP contribution in [0.15, 0.2) is 28.7 Å². The molecule has 4 nitrogen and oxygen atoms in total. The van der Waals surface area contributed by atoms with Crippen LogP contribution in [0.3, 0.4) is 0 Å². The van der Waals surface area contributed by atoms with Crippen LogP contribution in [0.4, 0.5) is 5.69 Å². The Labute approximate surface area is 108 Å². The van der Waals surface area contributed by atoms with Gasteiger partial charge in [-0.2, -0.15) is 0 Å². The van der Waals surface area contributed by atoms with Crippen molar-refractivity contribution >= 4 is 27.6 Å². The van der Waals surface area contributed by atoms with Gasteiger partial charge in [0.25, 0.3) is 0 Å². The molecule has 1 aliphatic heterocycles. The number of benzene rings is 1. The van der Waals surface area contributed by atoms with Crippen LogP contribution in [0.2, 0.25) is 0 Å². The molecular weight excluding hydrogens is 286 g/mol. The van der Waals surface area contributed by atoms with Gasteiger partial charge in [-0.15, -0.1) is 0 Å². The fourth-order valence-corrected chi connectivity index (χ4v) is 2.35. The molecule has 1 aromatic carbocycles. The Morgan fingerprint density at radius 2 is 2.41 bits per heavy atom. The van der Waals surface area contributed by atoms with Gasteiger partial charge in [0.05, 0.1) is 6.61 Å². The minimum absolute atomic E-state index is 0.0338. The van der Waals surface area contributed by atoms with Gasteiger partial charge in [-0.1, -0.05) is 22.0 Å². The second-order valence-corrected chi connectivity index (χ2v) is 5.01. The molecule has 0 aromatic heterocycles. The molecule has 0 saturated carbocycles. The lowest BCUT2D eigenvalue weighted by molar-refractivity contribution is -0.139. The number of anilines is 1. The van der Waals surface area contributed by atoms with E-state index in [9.17, 15) is 9.90 Å². The summed E-state index contributed by atoms with van der Waals surface area (Å²) < 4.78 is 6.16. The predicted molar refractivity (Wildman–Crippen MR) is 68.1 cm³/mol. The van der Waals surface area contributed by atoms with Gasteiger partial charge < -0.3 is 15.2 Å². The van der Waals surface area contributed by atoms with Crippen LogP contribution in [0, 0.1) is 5.92 Å². The second-order valence-electron chi connectivity index (χ2n) is 4.09. The Morgan fingerprint density at radius 3 is 3.00 bits per heavy atom. The molecule has 2 atom stereocenters. The van der Waals surface area contributed by atoms with E-state index in [4.69, 9.17) is 4.74 Å². The molecule has 17 heavy (non-hydrogen) atoms. The van der Waals surface area contributed by atoms with E-state index >= 15 is 0 Å². The molecule has 5 heteroatoms. The Bertz CT molecular complexity index is 404. The van der Waals surface area contributed by atoms with Gasteiger partial charge in [0.15, 0.2) is 0 Å². The van der Waals surface area contributed by atoms with Crippen LogP contribution < -0.4 is 5.32 Å². The van der Waals surface area contributed by atoms with Gasteiger partial charge in [-0.3, -0.25) is 0 Å². The number of nitrogens with one attached hydrogen (secondary N) is 1. The molecule has 1 aliphatic rings. The third kappa shape index (κ3) is 3.20. The maximum Gasteiger partial charge on any atom is 0.326 e. The molecular formula is C12H14BrNO3. The number of rotatable bonds is 4. The fourth-order valence-electron chi connectivity index (χ4n) is 1.95. The van der Waals surface area contributed by atoms with Crippen LogP contribution in [-0.4, -0.2) is 30.3 Å². The average Bonchev–Trinajstić information content (AvgIpc) is 2.78. The average molecular weight is 300 g/mol. The first-order valence-electron chi connectivity index (χ1n) is 5.49. The molecule has 0 bridgehead atoms. The summed E-state index contributed by atoms with van der Waals surface area (Å²) in [6.45, 7) is 1.16. The van der Waals surface area contributed by atoms with E-state index in [2.05, 4.69) is 21.2 Å². The summed E-state index contributed by atoms with van der Waals surface area (Å²) in [6, 6.07) is 6.91. The summed E-state index contributed by atoms with van der Waals surface area (Å²) in [5.74, 6) is -0.799. The Balaban J connectivity index is 2.09. The topological polar surface area (TPSA) is 58.6 Å². The van der Waals surface area contributed by atoms with Crippen LogP contribution in [-0.2, 0) is 9.53 Å². The van der Waals surface area contributed by atoms with Gasteiger partial charge in [0.1, 0.15) is 6.04 Å². The van der Waals surface area contributed by atoms with Crippen molar-refractivity contribution in [3.63, 3.8) is 0 Å². The quantitative estimate of drug-likeness (QED) is 0.896. The Morgan fingerprint density at radius 1 is 1.59 bits per heavy atom. The number of carboxylic acid groups (broad SMARTS) is 1. The van der Waals surface area contributed by atoms with E-state index in [1.807, 2.05) is 24.3 Å². The monoisotopic (exact) mass is 299 g/mol. The number of ether oxygens (including phenoxy) is 1. The molecule has 0 radical (unpaired) electrons. The first-order chi connectivity index (χ1) is 8.16. The molecule has 2 rings (SSSR count). The van der Waals surface area contributed by atoms with Gasteiger partial charge in [-0.05, 0) is 24.6 Å². The van der Waals surface area contributed by atoms with E-state index in [-0.39, 0.29) is 5.92 Å². The maximum atomic E-state index is 11.2. The minimum Gasteiger partial charge on any atom is -0.480 e. The normalized spacial score (nSPS) is 21.1. The molecule has 2 unspecified atom stereocenters. The van der Waals surface area contributed by atoms with Gasteiger partial charge in [0.2, 0.25) is 0 Å². The fraction of sp³-hybridized carbons (Fsp3) is 0.417. The summed E-state index contributed by atoms with van der Waals surface area (Å²) in [7, 11) is 0. The molecule has 0 amide bonds. The lowest BCUT2D eigenvalue weighted by Crippen LogP contribution is -2.37. The van der Waals surface area contributed by atoms with Crippen molar-refractivity contribution < 1.29 is 14.6 Å². The Kier molecular flexibility index (Phi) is 4.02. The number of hydrogen-bond donors (Lipinski definition) is 2. The van der Waals surface area contributed by atoms with E-state index < -0.39 is 12.0 Å². The molecule has 0 aliphatic carbocycles. The van der Waals surface area contributed by atoms with Crippen molar-refractivity contribution in [2.24, 2.45) is 5.92 Å². The summed E-state index contributed by atoms with van der Waals surface area (Å²) in [6.07, 6.45) is 0.790. The highest BCUT2D eigenvalue weighted by atomic mass is 79.9. The molecule has 1 heterocycles. The molecule has 92 valence electrons. The first-order valence-corrected chi connectivity index (χ1v) is 6.29. The maximum absolute atomic E-state index is 11.2. The zero-order valence-corrected chi connectivity index (χ0v) is 10.8. The van der Waals surface area contributed by atoms with Gasteiger partial charge in [-0.25, -0.2) is 4.79 Å². The highest BCUT2D eigenvalue weighted by molar-refractivity contribution is 9.10. The summed E-state index contributed by atoms with van der Waals surface area (Å²) in [5, 5.41) is 12.3. The van der Waals surface area contributed by atoms with E-state index in [0.717, 1.165) is 16.6 Å². The zero-order valence-electron chi connectivity index (χ0n) is 9.23. The largest absolute Gasteiger partial charge is 0.480 e. The van der Waals surface area contributed by atoms with Crippen molar-refractivity contribution in [3.05, 3.63) is 28.7 Å². The van der Waals surface area contributed by atoms with Crippen molar-refractivity contribution in [2.75, 3.05) is 18.5 Å². The zero-order chi connectivity index (χ0) is 12.3. The molecule has 1 aromatic rings. The number of hydrogen-bond acceptors (Lipinski definition) is 3. The van der Waals surface area contributed by atoms with Crippen LogP contribution >= 0.6 is 15.9 Å². The number of aliphatic carboxylic acids is 1. The minimum atomic E-state index is -0.833. The lowest BCUT2D eigenvalue weighted by Gasteiger charge is -2.20. The number of carboxylic acids is 1. The van der Waals surface area contributed by atoms with E-state index in [1.54, 1.807) is 0 Å². The summed E-state index contributed by atoms with van der Waals surface area (Å²) in [4.78, 5) is 11.2. The molecule has 2 N–H and O–H groups in total. The van der Waals surface area contributed by atoms with Crippen molar-refractivity contribution in [1.29, 1.82) is 0 Å². The second kappa shape index (κ2) is 5.51. The van der Waals surface area contributed by atoms with Crippen molar-refractivity contribution in [1.82, 2.24) is 0 Å². The molecule has 1 saturated heterocycles. The third-order valence-corrected chi connectivity index (χ3v) is 3.34. The van der Waals surface area contributed by atoms with Crippen LogP contribution in [0.25, 0.3) is 0 Å². The number of carbonyl (C=O) groups is 1. The van der Waals surface area contributed by atoms with Crippen molar-refractivity contribution in [3.8, 4) is 0 Å². The summed E-state index contributed by atoms with van der Waals surface area (Å²) >= 11 is 3.36. The Hall–Kier alpha value is -1.07. The van der Waals surface area contributed by atoms with Gasteiger partial charge >= 0.3 is 5.97 Å². The highest BCUT2D eigenvalue weighted by Crippen LogP contribution is 2.22.